The first-order valence-corrected chi connectivity index (χ1v) is 9.18. The van der Waals surface area contributed by atoms with Crippen LogP contribution in [0.3, 0.4) is 0 Å². The number of rotatable bonds is 7. The van der Waals surface area contributed by atoms with Gasteiger partial charge in [-0.1, -0.05) is 6.07 Å². The SMILES string of the molecule is CNc1nc(N)nc(COCC(F)(F)F)c1-c1ccc(-c2cnnc(C)c2)c(OC)c1. The molecular weight excluding hydrogens is 413 g/mol. The molecule has 0 saturated carbocycles. The Morgan fingerprint density at radius 2 is 1.90 bits per heavy atom. The molecule has 3 rings (SSSR count). The Labute approximate surface area is 176 Å². The summed E-state index contributed by atoms with van der Waals surface area (Å²) in [4.78, 5) is 8.25. The van der Waals surface area contributed by atoms with Crippen molar-refractivity contribution in [3.05, 3.63) is 41.9 Å². The number of benzene rings is 1. The van der Waals surface area contributed by atoms with Gasteiger partial charge in [0.2, 0.25) is 5.95 Å². The van der Waals surface area contributed by atoms with Crippen LogP contribution >= 0.6 is 0 Å². The van der Waals surface area contributed by atoms with Crippen molar-refractivity contribution in [3.63, 3.8) is 0 Å². The zero-order chi connectivity index (χ0) is 22.6. The van der Waals surface area contributed by atoms with Gasteiger partial charge in [0.1, 0.15) is 18.2 Å². The molecule has 0 spiro atoms. The molecule has 0 aliphatic carbocycles. The Kier molecular flexibility index (Phi) is 6.54. The third-order valence-electron chi connectivity index (χ3n) is 4.32. The number of aryl methyl sites for hydroxylation is 1. The number of nitrogens with one attached hydrogen (secondary N) is 1. The second-order valence-corrected chi connectivity index (χ2v) is 6.61. The Balaban J connectivity index is 2.06. The zero-order valence-electron chi connectivity index (χ0n) is 17.1. The first-order valence-electron chi connectivity index (χ1n) is 9.18. The molecule has 8 nitrogen and oxygen atoms in total. The fraction of sp³-hybridized carbons (Fsp3) is 0.300. The average molecular weight is 434 g/mol. The Bertz CT molecular complexity index is 1080. The van der Waals surface area contributed by atoms with Crippen LogP contribution in [0.15, 0.2) is 30.5 Å². The highest BCUT2D eigenvalue weighted by molar-refractivity contribution is 5.82. The molecule has 3 aromatic rings. The van der Waals surface area contributed by atoms with Crippen molar-refractivity contribution in [2.45, 2.75) is 19.7 Å². The Hall–Kier alpha value is -3.47. The smallest absolute Gasteiger partial charge is 0.411 e. The highest BCUT2D eigenvalue weighted by Crippen LogP contribution is 2.37. The van der Waals surface area contributed by atoms with Gasteiger partial charge < -0.3 is 20.5 Å². The molecule has 11 heteroatoms. The summed E-state index contributed by atoms with van der Waals surface area (Å²) in [6.45, 7) is 0.0329. The summed E-state index contributed by atoms with van der Waals surface area (Å²) >= 11 is 0. The van der Waals surface area contributed by atoms with Gasteiger partial charge in [-0.15, -0.1) is 0 Å². The van der Waals surface area contributed by atoms with Crippen LogP contribution in [0.2, 0.25) is 0 Å². The van der Waals surface area contributed by atoms with Gasteiger partial charge in [0, 0.05) is 23.7 Å². The number of halogens is 3. The third kappa shape index (κ3) is 5.37. The summed E-state index contributed by atoms with van der Waals surface area (Å²) in [6, 6.07) is 7.22. The molecule has 0 aliphatic rings. The van der Waals surface area contributed by atoms with E-state index >= 15 is 0 Å². The minimum atomic E-state index is -4.45. The fourth-order valence-corrected chi connectivity index (χ4v) is 3.08. The van der Waals surface area contributed by atoms with Crippen LogP contribution in [0.4, 0.5) is 24.9 Å². The molecule has 2 heterocycles. The van der Waals surface area contributed by atoms with Gasteiger partial charge in [0.25, 0.3) is 0 Å². The number of nitrogens with zero attached hydrogens (tertiary/aromatic N) is 4. The van der Waals surface area contributed by atoms with E-state index in [-0.39, 0.29) is 11.6 Å². The van der Waals surface area contributed by atoms with E-state index in [0.29, 0.717) is 22.7 Å². The van der Waals surface area contributed by atoms with E-state index in [1.807, 2.05) is 19.1 Å². The first kappa shape index (κ1) is 22.2. The topological polar surface area (TPSA) is 108 Å². The average Bonchev–Trinajstić information content (AvgIpc) is 2.72. The van der Waals surface area contributed by atoms with Crippen molar-refractivity contribution in [3.8, 4) is 28.0 Å². The number of hydrogen-bond acceptors (Lipinski definition) is 8. The van der Waals surface area contributed by atoms with Gasteiger partial charge in [-0.25, -0.2) is 4.98 Å². The van der Waals surface area contributed by atoms with E-state index in [9.17, 15) is 13.2 Å². The lowest BCUT2D eigenvalue weighted by Gasteiger charge is -2.17. The van der Waals surface area contributed by atoms with E-state index in [0.717, 1.165) is 16.8 Å². The normalized spacial score (nSPS) is 11.4. The van der Waals surface area contributed by atoms with E-state index in [1.165, 1.54) is 7.11 Å². The summed E-state index contributed by atoms with van der Waals surface area (Å²) in [6.07, 6.45) is -2.83. The van der Waals surface area contributed by atoms with Gasteiger partial charge in [0.15, 0.2) is 0 Å². The molecule has 0 fully saturated rings. The van der Waals surface area contributed by atoms with Crippen LogP contribution in [-0.4, -0.2) is 47.1 Å². The molecule has 0 bridgehead atoms. The van der Waals surface area contributed by atoms with Gasteiger partial charge in [-0.3, -0.25) is 0 Å². The number of ether oxygens (including phenoxy) is 2. The van der Waals surface area contributed by atoms with E-state index in [2.05, 4.69) is 25.5 Å². The second-order valence-electron chi connectivity index (χ2n) is 6.61. The van der Waals surface area contributed by atoms with Crippen molar-refractivity contribution in [2.75, 3.05) is 31.8 Å². The van der Waals surface area contributed by atoms with Crippen molar-refractivity contribution >= 4 is 11.8 Å². The maximum atomic E-state index is 12.5. The lowest BCUT2D eigenvalue weighted by atomic mass is 9.99. The monoisotopic (exact) mass is 434 g/mol. The van der Waals surface area contributed by atoms with E-state index in [1.54, 1.807) is 25.4 Å². The summed E-state index contributed by atoms with van der Waals surface area (Å²) in [7, 11) is 3.15. The van der Waals surface area contributed by atoms with Crippen LogP contribution < -0.4 is 15.8 Å². The number of anilines is 2. The van der Waals surface area contributed by atoms with Crippen LogP contribution in [0.5, 0.6) is 5.75 Å². The Morgan fingerprint density at radius 1 is 1.13 bits per heavy atom. The van der Waals surface area contributed by atoms with Crippen LogP contribution in [-0.2, 0) is 11.3 Å². The summed E-state index contributed by atoms with van der Waals surface area (Å²) < 4.78 is 47.9. The molecule has 164 valence electrons. The molecule has 0 aliphatic heterocycles. The zero-order valence-corrected chi connectivity index (χ0v) is 17.1. The van der Waals surface area contributed by atoms with Gasteiger partial charge in [-0.2, -0.15) is 28.4 Å². The maximum Gasteiger partial charge on any atom is 0.411 e. The molecule has 1 aromatic carbocycles. The predicted molar refractivity (Wildman–Crippen MR) is 109 cm³/mol. The van der Waals surface area contributed by atoms with Gasteiger partial charge >= 0.3 is 6.18 Å². The largest absolute Gasteiger partial charge is 0.496 e. The van der Waals surface area contributed by atoms with Crippen molar-refractivity contribution in [2.24, 2.45) is 0 Å². The molecular formula is C20H21F3N6O2. The maximum absolute atomic E-state index is 12.5. The van der Waals surface area contributed by atoms with Gasteiger partial charge in [0.05, 0.1) is 31.3 Å². The predicted octanol–water partition coefficient (Wildman–Crippen LogP) is 3.62. The molecule has 0 atom stereocenters. The second kappa shape index (κ2) is 9.13. The minimum Gasteiger partial charge on any atom is -0.496 e. The number of nitrogens with two attached hydrogens (primary N) is 1. The lowest BCUT2D eigenvalue weighted by molar-refractivity contribution is -0.176. The molecule has 0 unspecified atom stereocenters. The highest BCUT2D eigenvalue weighted by atomic mass is 19.4. The standard InChI is InChI=1S/C20H21F3N6O2/c1-11-6-13(8-26-29-11)14-5-4-12(7-16(14)30-3)17-15(9-31-10-20(21,22)23)27-19(24)28-18(17)25-2/h4-8H,9-10H2,1-3H3,(H3,24,25,27,28). The summed E-state index contributed by atoms with van der Waals surface area (Å²) in [5.74, 6) is 0.806. The third-order valence-corrected chi connectivity index (χ3v) is 4.32. The van der Waals surface area contributed by atoms with Crippen LogP contribution in [0.1, 0.15) is 11.4 Å². The number of nitrogen functional groups attached to an aromatic ring is 1. The molecule has 2 aromatic heterocycles. The number of methoxy groups -OCH3 is 1. The quantitative estimate of drug-likeness (QED) is 0.581. The van der Waals surface area contributed by atoms with E-state index in [4.69, 9.17) is 15.2 Å². The van der Waals surface area contributed by atoms with Crippen LogP contribution in [0, 0.1) is 6.92 Å². The minimum absolute atomic E-state index is 0.0828. The highest BCUT2D eigenvalue weighted by Gasteiger charge is 2.28. The summed E-state index contributed by atoms with van der Waals surface area (Å²) in [5, 5.41) is 10.8. The molecule has 0 radical (unpaired) electrons. The molecule has 31 heavy (non-hydrogen) atoms. The number of aromatic nitrogens is 4. The Morgan fingerprint density at radius 3 is 2.55 bits per heavy atom. The number of alkyl halides is 3. The fourth-order valence-electron chi connectivity index (χ4n) is 3.08. The molecule has 0 saturated heterocycles. The number of hydrogen-bond donors (Lipinski definition) is 2. The lowest BCUT2D eigenvalue weighted by Crippen LogP contribution is -2.17. The summed E-state index contributed by atoms with van der Waals surface area (Å²) in [5.41, 5.74) is 9.38. The van der Waals surface area contributed by atoms with Crippen LogP contribution in [0.25, 0.3) is 22.3 Å². The van der Waals surface area contributed by atoms with Crippen molar-refractivity contribution < 1.29 is 22.6 Å². The molecule has 0 amide bonds. The van der Waals surface area contributed by atoms with Crippen molar-refractivity contribution in [1.82, 2.24) is 20.2 Å². The van der Waals surface area contributed by atoms with E-state index < -0.39 is 19.4 Å². The van der Waals surface area contributed by atoms with Crippen molar-refractivity contribution in [1.29, 1.82) is 0 Å². The van der Waals surface area contributed by atoms with Gasteiger partial charge in [-0.05, 0) is 30.7 Å². The first-order chi connectivity index (χ1) is 14.7. The molecule has 3 N–H and O–H groups in total.